The van der Waals surface area contributed by atoms with Gasteiger partial charge in [-0.3, -0.25) is 14.5 Å². The molecule has 2 N–H and O–H groups in total. The first-order valence-corrected chi connectivity index (χ1v) is 6.23. The number of carbonyl (C=O) groups is 2. The first-order valence-electron chi connectivity index (χ1n) is 6.23. The Morgan fingerprint density at radius 2 is 2.00 bits per heavy atom. The molecule has 0 heterocycles. The van der Waals surface area contributed by atoms with Crippen LogP contribution in [0.4, 0.5) is 0 Å². The summed E-state index contributed by atoms with van der Waals surface area (Å²) in [6.45, 7) is 7.71. The summed E-state index contributed by atoms with van der Waals surface area (Å²) >= 11 is 0. The Morgan fingerprint density at radius 3 is 2.47 bits per heavy atom. The molecule has 0 rings (SSSR count). The lowest BCUT2D eigenvalue weighted by Crippen LogP contribution is -2.40. The molecule has 0 fully saturated rings. The van der Waals surface area contributed by atoms with Crippen LogP contribution in [0.25, 0.3) is 0 Å². The fourth-order valence-electron chi connectivity index (χ4n) is 1.43. The smallest absolute Gasteiger partial charge is 0.307 e. The average Bonchev–Trinajstić information content (AvgIpc) is 2.28. The van der Waals surface area contributed by atoms with Gasteiger partial charge in [0.25, 0.3) is 0 Å². The van der Waals surface area contributed by atoms with Gasteiger partial charge in [-0.05, 0) is 13.0 Å². The molecular formula is C12H24N2O3. The fraction of sp³-hybridized carbons (Fsp3) is 0.833. The van der Waals surface area contributed by atoms with Crippen molar-refractivity contribution in [3.63, 3.8) is 0 Å². The lowest BCUT2D eigenvalue weighted by molar-refractivity contribution is -0.142. The van der Waals surface area contributed by atoms with E-state index in [1.807, 2.05) is 11.8 Å². The quantitative estimate of drug-likeness (QED) is 0.592. The summed E-state index contributed by atoms with van der Waals surface area (Å²) < 4.78 is 0. The van der Waals surface area contributed by atoms with Gasteiger partial charge in [-0.1, -0.05) is 27.2 Å². The van der Waals surface area contributed by atoms with Gasteiger partial charge in [0, 0.05) is 13.1 Å². The normalized spacial score (nSPS) is 12.5. The lowest BCUT2D eigenvalue weighted by atomic mass is 10.1. The van der Waals surface area contributed by atoms with Crippen molar-refractivity contribution in [3.05, 3.63) is 0 Å². The monoisotopic (exact) mass is 244 g/mol. The van der Waals surface area contributed by atoms with Crippen LogP contribution in [0.15, 0.2) is 0 Å². The van der Waals surface area contributed by atoms with Gasteiger partial charge in [0.2, 0.25) is 5.91 Å². The van der Waals surface area contributed by atoms with E-state index in [1.54, 1.807) is 6.92 Å². The minimum absolute atomic E-state index is 0.0297. The molecule has 0 aliphatic heterocycles. The highest BCUT2D eigenvalue weighted by molar-refractivity contribution is 5.78. The highest BCUT2D eigenvalue weighted by Gasteiger charge is 2.16. The molecule has 0 aromatic carbocycles. The number of likely N-dealkylation sites (N-methyl/N-ethyl adjacent to an activating group) is 1. The molecule has 5 heteroatoms. The van der Waals surface area contributed by atoms with Crippen LogP contribution >= 0.6 is 0 Å². The predicted octanol–water partition coefficient (Wildman–Crippen LogP) is 0.945. The first kappa shape index (κ1) is 15.9. The third-order valence-electron chi connectivity index (χ3n) is 2.62. The van der Waals surface area contributed by atoms with Crippen molar-refractivity contribution >= 4 is 11.9 Å². The molecular weight excluding hydrogens is 220 g/mol. The van der Waals surface area contributed by atoms with E-state index in [1.165, 1.54) is 0 Å². The number of nitrogens with one attached hydrogen (secondary N) is 1. The van der Waals surface area contributed by atoms with E-state index in [4.69, 9.17) is 5.11 Å². The Kier molecular flexibility index (Phi) is 8.40. The highest BCUT2D eigenvalue weighted by Crippen LogP contribution is 1.99. The zero-order chi connectivity index (χ0) is 13.3. The number of carbonyl (C=O) groups excluding carboxylic acids is 1. The fourth-order valence-corrected chi connectivity index (χ4v) is 1.43. The lowest BCUT2D eigenvalue weighted by Gasteiger charge is -2.21. The summed E-state index contributed by atoms with van der Waals surface area (Å²) in [5.74, 6) is -1.30. The minimum Gasteiger partial charge on any atom is -0.481 e. The predicted molar refractivity (Wildman–Crippen MR) is 66.8 cm³/mol. The summed E-state index contributed by atoms with van der Waals surface area (Å²) in [5, 5.41) is 11.6. The number of carboxylic acids is 1. The van der Waals surface area contributed by atoms with Crippen LogP contribution in [0.2, 0.25) is 0 Å². The van der Waals surface area contributed by atoms with Gasteiger partial charge in [-0.15, -0.1) is 0 Å². The average molecular weight is 244 g/mol. The van der Waals surface area contributed by atoms with Crippen LogP contribution in [-0.4, -0.2) is 48.1 Å². The molecule has 0 aliphatic carbocycles. The number of rotatable bonds is 9. The van der Waals surface area contributed by atoms with E-state index in [-0.39, 0.29) is 12.5 Å². The topological polar surface area (TPSA) is 69.6 Å². The van der Waals surface area contributed by atoms with Gasteiger partial charge in [0.15, 0.2) is 0 Å². The summed E-state index contributed by atoms with van der Waals surface area (Å²) in [4.78, 5) is 24.1. The van der Waals surface area contributed by atoms with Gasteiger partial charge in [0.05, 0.1) is 12.5 Å². The van der Waals surface area contributed by atoms with Gasteiger partial charge < -0.3 is 10.4 Å². The van der Waals surface area contributed by atoms with E-state index in [0.29, 0.717) is 19.6 Å². The van der Waals surface area contributed by atoms with Crippen LogP contribution in [0.3, 0.4) is 0 Å². The van der Waals surface area contributed by atoms with Crippen LogP contribution < -0.4 is 5.32 Å². The maximum Gasteiger partial charge on any atom is 0.307 e. The second-order valence-corrected chi connectivity index (χ2v) is 4.27. The van der Waals surface area contributed by atoms with Crippen LogP contribution in [-0.2, 0) is 9.59 Å². The molecule has 1 atom stereocenters. The van der Waals surface area contributed by atoms with Crippen molar-refractivity contribution < 1.29 is 14.7 Å². The molecule has 0 saturated carbocycles. The van der Waals surface area contributed by atoms with Gasteiger partial charge in [-0.2, -0.15) is 0 Å². The summed E-state index contributed by atoms with van der Waals surface area (Å²) in [5.41, 5.74) is 0. The van der Waals surface area contributed by atoms with Crippen molar-refractivity contribution in [3.8, 4) is 0 Å². The number of nitrogens with zero attached hydrogens (tertiary/aromatic N) is 1. The zero-order valence-corrected chi connectivity index (χ0v) is 11.0. The molecule has 100 valence electrons. The summed E-state index contributed by atoms with van der Waals surface area (Å²) in [6.07, 6.45) is 2.03. The molecule has 0 bridgehead atoms. The minimum atomic E-state index is -0.824. The molecule has 0 aromatic heterocycles. The Morgan fingerprint density at radius 1 is 1.35 bits per heavy atom. The maximum absolute atomic E-state index is 11.5. The number of carboxylic acid groups (broad SMARTS) is 1. The first-order chi connectivity index (χ1) is 8.01. The number of hydrogen-bond donors (Lipinski definition) is 2. The van der Waals surface area contributed by atoms with Crippen LogP contribution in [0, 0.1) is 5.92 Å². The summed E-state index contributed by atoms with van der Waals surface area (Å²) in [7, 11) is 0. The molecule has 0 aromatic rings. The Hall–Kier alpha value is -1.10. The Labute approximate surface area is 103 Å². The molecule has 1 amide bonds. The maximum atomic E-state index is 11.5. The number of aliphatic carboxylic acids is 1. The molecule has 0 radical (unpaired) electrons. The standard InChI is InChI=1S/C12H24N2O3/c1-4-6-7-13-11(15)9-14(5-2)8-10(3)12(16)17/h10H,4-9H2,1-3H3,(H,13,15)(H,16,17). The van der Waals surface area contributed by atoms with Crippen molar-refractivity contribution in [1.82, 2.24) is 10.2 Å². The van der Waals surface area contributed by atoms with Crippen molar-refractivity contribution in [2.24, 2.45) is 5.92 Å². The Balaban J connectivity index is 3.95. The van der Waals surface area contributed by atoms with Crippen molar-refractivity contribution in [1.29, 1.82) is 0 Å². The summed E-state index contributed by atoms with van der Waals surface area (Å²) in [6, 6.07) is 0. The second-order valence-electron chi connectivity index (χ2n) is 4.27. The van der Waals surface area contributed by atoms with Crippen LogP contribution in [0.1, 0.15) is 33.6 Å². The van der Waals surface area contributed by atoms with Crippen molar-refractivity contribution in [2.75, 3.05) is 26.2 Å². The van der Waals surface area contributed by atoms with E-state index >= 15 is 0 Å². The molecule has 0 aliphatic rings. The largest absolute Gasteiger partial charge is 0.481 e. The van der Waals surface area contributed by atoms with E-state index in [9.17, 15) is 9.59 Å². The van der Waals surface area contributed by atoms with E-state index < -0.39 is 11.9 Å². The van der Waals surface area contributed by atoms with Gasteiger partial charge in [0.1, 0.15) is 0 Å². The van der Waals surface area contributed by atoms with Gasteiger partial charge >= 0.3 is 5.97 Å². The van der Waals surface area contributed by atoms with E-state index in [2.05, 4.69) is 12.2 Å². The highest BCUT2D eigenvalue weighted by atomic mass is 16.4. The van der Waals surface area contributed by atoms with E-state index in [0.717, 1.165) is 12.8 Å². The van der Waals surface area contributed by atoms with Crippen molar-refractivity contribution in [2.45, 2.75) is 33.6 Å². The van der Waals surface area contributed by atoms with Gasteiger partial charge in [-0.25, -0.2) is 0 Å². The molecule has 5 nitrogen and oxygen atoms in total. The number of unbranched alkanes of at least 4 members (excludes halogenated alkanes) is 1. The second kappa shape index (κ2) is 8.98. The van der Waals surface area contributed by atoms with Crippen LogP contribution in [0.5, 0.6) is 0 Å². The molecule has 1 unspecified atom stereocenters. The molecule has 0 saturated heterocycles. The third kappa shape index (κ3) is 7.74. The molecule has 0 spiro atoms. The Bertz CT molecular complexity index is 244. The zero-order valence-electron chi connectivity index (χ0n) is 11.0. The SMILES string of the molecule is CCCCNC(=O)CN(CC)CC(C)C(=O)O. The number of amides is 1. The third-order valence-corrected chi connectivity index (χ3v) is 2.62. The number of hydrogen-bond acceptors (Lipinski definition) is 3. The molecule has 17 heavy (non-hydrogen) atoms.